The van der Waals surface area contributed by atoms with Crippen LogP contribution in [0.2, 0.25) is 0 Å². The Bertz CT molecular complexity index is 1250. The van der Waals surface area contributed by atoms with Crippen molar-refractivity contribution in [2.75, 3.05) is 5.43 Å². The maximum Gasteiger partial charge on any atom is 0.357 e. The number of hydrogen-bond acceptors (Lipinski definition) is 6. The Morgan fingerprint density at radius 3 is 2.33 bits per heavy atom. The zero-order valence-corrected chi connectivity index (χ0v) is 16.3. The zero-order valence-electron chi connectivity index (χ0n) is 16.3. The van der Waals surface area contributed by atoms with Crippen molar-refractivity contribution in [3.05, 3.63) is 101 Å². The average molecular weight is 405 g/mol. The topological polar surface area (TPSA) is 133 Å². The first kappa shape index (κ1) is 20.5. The van der Waals surface area contributed by atoms with E-state index in [1.807, 2.05) is 49.2 Å². The van der Waals surface area contributed by atoms with Crippen LogP contribution in [0.3, 0.4) is 0 Å². The third-order valence-electron chi connectivity index (χ3n) is 4.42. The van der Waals surface area contributed by atoms with E-state index in [0.717, 1.165) is 16.8 Å². The molecule has 0 unspecified atom stereocenters. The molecule has 0 aliphatic heterocycles. The number of nitro groups is 1. The molecule has 3 aromatic rings. The highest BCUT2D eigenvalue weighted by molar-refractivity contribution is 5.81. The quantitative estimate of drug-likeness (QED) is 0.329. The van der Waals surface area contributed by atoms with Crippen LogP contribution in [0, 0.1) is 24.0 Å². The molecule has 0 amide bonds. The number of H-pyrrole nitrogens is 2. The van der Waals surface area contributed by atoms with Gasteiger partial charge in [0.15, 0.2) is 0 Å². The van der Waals surface area contributed by atoms with E-state index in [2.05, 4.69) is 15.5 Å². The van der Waals surface area contributed by atoms with Gasteiger partial charge in [0, 0.05) is 0 Å². The van der Waals surface area contributed by atoms with Crippen molar-refractivity contribution in [3.63, 3.8) is 0 Å². The molecule has 2 aromatic carbocycles. The fourth-order valence-electron chi connectivity index (χ4n) is 2.66. The number of aromatic amines is 2. The Morgan fingerprint density at radius 1 is 0.967 bits per heavy atom. The molecule has 0 radical (unpaired) electrons. The molecule has 0 aliphatic carbocycles. The lowest BCUT2D eigenvalue weighted by atomic mass is 10.1. The van der Waals surface area contributed by atoms with Crippen molar-refractivity contribution in [1.82, 2.24) is 9.97 Å². The van der Waals surface area contributed by atoms with Gasteiger partial charge in [-0.2, -0.15) is 5.10 Å². The molecular weight excluding hydrogens is 386 g/mol. The summed E-state index contributed by atoms with van der Waals surface area (Å²) in [5.41, 5.74) is 5.08. The van der Waals surface area contributed by atoms with E-state index in [0.29, 0.717) is 0 Å². The highest BCUT2D eigenvalue weighted by Crippen LogP contribution is 2.15. The van der Waals surface area contributed by atoms with Crippen LogP contribution in [0.25, 0.3) is 12.2 Å². The molecule has 9 nitrogen and oxygen atoms in total. The lowest BCUT2D eigenvalue weighted by molar-refractivity contribution is -0.386. The van der Waals surface area contributed by atoms with Crippen molar-refractivity contribution in [2.24, 2.45) is 5.10 Å². The van der Waals surface area contributed by atoms with Gasteiger partial charge in [-0.05, 0) is 54.3 Å². The summed E-state index contributed by atoms with van der Waals surface area (Å²) in [7, 11) is 0. The van der Waals surface area contributed by atoms with Gasteiger partial charge >= 0.3 is 16.9 Å². The summed E-state index contributed by atoms with van der Waals surface area (Å²) in [5, 5.41) is 15.3. The molecule has 1 heterocycles. The molecule has 0 atom stereocenters. The van der Waals surface area contributed by atoms with Gasteiger partial charge in [0.1, 0.15) is 5.69 Å². The summed E-state index contributed by atoms with van der Waals surface area (Å²) in [5.74, 6) is 0. The van der Waals surface area contributed by atoms with Crippen LogP contribution in [0.4, 0.5) is 11.4 Å². The summed E-state index contributed by atoms with van der Waals surface area (Å²) in [6.45, 7) is 4.08. The normalized spacial score (nSPS) is 11.3. The Morgan fingerprint density at radius 2 is 1.67 bits per heavy atom. The lowest BCUT2D eigenvalue weighted by Gasteiger charge is -2.04. The van der Waals surface area contributed by atoms with E-state index in [4.69, 9.17) is 0 Å². The van der Waals surface area contributed by atoms with Gasteiger partial charge in [-0.3, -0.25) is 25.3 Å². The molecule has 30 heavy (non-hydrogen) atoms. The molecule has 0 fully saturated rings. The standard InChI is InChI=1S/C21H19N5O4/c1-13-3-9-17(11-14(13)2)25-22-12-16-6-4-15(5-7-16)8-10-18-19(26(29)30)20(27)24-21(28)23-18/h3-12,25H,1-2H3,(H2,23,24,27,28). The predicted molar refractivity (Wildman–Crippen MR) is 117 cm³/mol. The van der Waals surface area contributed by atoms with E-state index >= 15 is 0 Å². The maximum atomic E-state index is 11.6. The number of rotatable bonds is 6. The summed E-state index contributed by atoms with van der Waals surface area (Å²) < 4.78 is 0. The average Bonchev–Trinajstić information content (AvgIpc) is 2.69. The molecule has 0 aliphatic rings. The second-order valence-corrected chi connectivity index (χ2v) is 6.60. The molecule has 152 valence electrons. The van der Waals surface area contributed by atoms with Gasteiger partial charge in [-0.15, -0.1) is 0 Å². The minimum atomic E-state index is -1.05. The fraction of sp³-hybridized carbons (Fsp3) is 0.0952. The molecule has 0 spiro atoms. The van der Waals surface area contributed by atoms with Crippen LogP contribution in [-0.2, 0) is 0 Å². The third-order valence-corrected chi connectivity index (χ3v) is 4.42. The van der Waals surface area contributed by atoms with Crippen molar-refractivity contribution >= 4 is 29.7 Å². The van der Waals surface area contributed by atoms with E-state index in [1.165, 1.54) is 17.2 Å². The minimum Gasteiger partial charge on any atom is -0.301 e. The Labute approximate surface area is 171 Å². The number of nitrogens with one attached hydrogen (secondary N) is 3. The number of aromatic nitrogens is 2. The van der Waals surface area contributed by atoms with Crippen molar-refractivity contribution in [3.8, 4) is 0 Å². The number of aryl methyl sites for hydroxylation is 2. The Hall–Kier alpha value is -4.27. The van der Waals surface area contributed by atoms with Gasteiger partial charge in [0.05, 0.1) is 16.8 Å². The van der Waals surface area contributed by atoms with Gasteiger partial charge < -0.3 is 4.98 Å². The second kappa shape index (κ2) is 8.82. The predicted octanol–water partition coefficient (Wildman–Crippen LogP) is 3.20. The summed E-state index contributed by atoms with van der Waals surface area (Å²) in [6.07, 6.45) is 4.55. The molecule has 9 heteroatoms. The Kier molecular flexibility index (Phi) is 6.02. The van der Waals surface area contributed by atoms with Crippen LogP contribution in [0.15, 0.2) is 57.2 Å². The molecule has 0 saturated heterocycles. The van der Waals surface area contributed by atoms with E-state index in [1.54, 1.807) is 24.4 Å². The molecular formula is C21H19N5O4. The maximum absolute atomic E-state index is 11.6. The smallest absolute Gasteiger partial charge is 0.301 e. The SMILES string of the molecule is Cc1ccc(NN=Cc2ccc(C=Cc3[nH]c(=O)[nH]c(=O)c3[N+](=O)[O-])cc2)cc1C. The first-order chi connectivity index (χ1) is 14.3. The molecule has 3 rings (SSSR count). The van der Waals surface area contributed by atoms with E-state index < -0.39 is 21.9 Å². The number of hydrogen-bond donors (Lipinski definition) is 3. The monoisotopic (exact) mass is 405 g/mol. The first-order valence-corrected chi connectivity index (χ1v) is 8.99. The second-order valence-electron chi connectivity index (χ2n) is 6.60. The number of anilines is 1. The number of hydrazone groups is 1. The fourth-order valence-corrected chi connectivity index (χ4v) is 2.66. The molecule has 3 N–H and O–H groups in total. The number of benzene rings is 2. The Balaban J connectivity index is 1.72. The van der Waals surface area contributed by atoms with Crippen molar-refractivity contribution < 1.29 is 4.92 Å². The van der Waals surface area contributed by atoms with Gasteiger partial charge in [-0.25, -0.2) is 4.79 Å². The van der Waals surface area contributed by atoms with Gasteiger partial charge in [-0.1, -0.05) is 36.4 Å². The van der Waals surface area contributed by atoms with Crippen molar-refractivity contribution in [2.45, 2.75) is 13.8 Å². The van der Waals surface area contributed by atoms with Gasteiger partial charge in [0.25, 0.3) is 0 Å². The van der Waals surface area contributed by atoms with E-state index in [9.17, 15) is 19.7 Å². The number of nitrogens with zero attached hydrogens (tertiary/aromatic N) is 2. The van der Waals surface area contributed by atoms with Crippen LogP contribution in [-0.4, -0.2) is 21.1 Å². The largest absolute Gasteiger partial charge is 0.357 e. The lowest BCUT2D eigenvalue weighted by Crippen LogP contribution is -2.25. The summed E-state index contributed by atoms with van der Waals surface area (Å²) >= 11 is 0. The van der Waals surface area contributed by atoms with Crippen LogP contribution in [0.5, 0.6) is 0 Å². The van der Waals surface area contributed by atoms with Crippen LogP contribution >= 0.6 is 0 Å². The first-order valence-electron chi connectivity index (χ1n) is 8.99. The highest BCUT2D eigenvalue weighted by Gasteiger charge is 2.18. The minimum absolute atomic E-state index is 0.169. The van der Waals surface area contributed by atoms with Crippen LogP contribution in [0.1, 0.15) is 27.9 Å². The third kappa shape index (κ3) is 4.96. The van der Waals surface area contributed by atoms with Crippen LogP contribution < -0.4 is 16.7 Å². The summed E-state index contributed by atoms with van der Waals surface area (Å²) in [6, 6.07) is 13.2. The molecule has 0 saturated carbocycles. The highest BCUT2D eigenvalue weighted by atomic mass is 16.6. The summed E-state index contributed by atoms with van der Waals surface area (Å²) in [4.78, 5) is 37.3. The molecule has 1 aromatic heterocycles. The van der Waals surface area contributed by atoms with Gasteiger partial charge in [0.2, 0.25) is 0 Å². The molecule has 0 bridgehead atoms. The zero-order chi connectivity index (χ0) is 21.7. The van der Waals surface area contributed by atoms with Crippen molar-refractivity contribution in [1.29, 1.82) is 0 Å². The van der Waals surface area contributed by atoms with E-state index in [-0.39, 0.29) is 5.69 Å².